The van der Waals surface area contributed by atoms with Crippen molar-refractivity contribution in [3.63, 3.8) is 0 Å². The molecule has 1 aliphatic rings. The third-order valence-electron chi connectivity index (χ3n) is 2.81. The molecule has 0 saturated heterocycles. The molecule has 4 heteroatoms. The van der Waals surface area contributed by atoms with E-state index in [0.717, 1.165) is 15.6 Å². The van der Waals surface area contributed by atoms with Crippen LogP contribution in [-0.4, -0.2) is 11.9 Å². The summed E-state index contributed by atoms with van der Waals surface area (Å²) in [4.78, 5) is 16.1. The minimum Gasteiger partial charge on any atom is -0.402 e. The van der Waals surface area contributed by atoms with Gasteiger partial charge in [0.15, 0.2) is 5.70 Å². The van der Waals surface area contributed by atoms with Crippen molar-refractivity contribution >= 4 is 33.9 Å². The Morgan fingerprint density at radius 2 is 1.70 bits per heavy atom. The van der Waals surface area contributed by atoms with Gasteiger partial charge in [-0.05, 0) is 35.9 Å². The predicted molar refractivity (Wildman–Crippen MR) is 81.2 cm³/mol. The largest absolute Gasteiger partial charge is 0.402 e. The van der Waals surface area contributed by atoms with E-state index in [1.807, 2.05) is 54.6 Å². The number of halogens is 1. The maximum absolute atomic E-state index is 11.8. The zero-order valence-corrected chi connectivity index (χ0v) is 12.0. The average Bonchev–Trinajstić information content (AvgIpc) is 2.84. The van der Waals surface area contributed by atoms with Gasteiger partial charge in [-0.1, -0.05) is 46.3 Å². The molecule has 0 unspecified atom stereocenters. The normalized spacial score (nSPS) is 16.1. The number of hydrogen-bond acceptors (Lipinski definition) is 3. The maximum atomic E-state index is 11.8. The van der Waals surface area contributed by atoms with Gasteiger partial charge >= 0.3 is 5.97 Å². The molecule has 3 nitrogen and oxygen atoms in total. The highest BCUT2D eigenvalue weighted by molar-refractivity contribution is 9.10. The number of hydrogen-bond donors (Lipinski definition) is 0. The van der Waals surface area contributed by atoms with Crippen LogP contribution in [0, 0.1) is 0 Å². The Labute approximate surface area is 124 Å². The predicted octanol–water partition coefficient (Wildman–Crippen LogP) is 3.79. The van der Waals surface area contributed by atoms with Crippen molar-refractivity contribution in [2.45, 2.75) is 0 Å². The lowest BCUT2D eigenvalue weighted by molar-refractivity contribution is -0.129. The van der Waals surface area contributed by atoms with Crippen molar-refractivity contribution in [1.29, 1.82) is 0 Å². The van der Waals surface area contributed by atoms with E-state index >= 15 is 0 Å². The fourth-order valence-electron chi connectivity index (χ4n) is 1.83. The topological polar surface area (TPSA) is 38.7 Å². The summed E-state index contributed by atoms with van der Waals surface area (Å²) in [6, 6.07) is 17.0. The zero-order valence-electron chi connectivity index (χ0n) is 10.4. The Kier molecular flexibility index (Phi) is 3.48. The van der Waals surface area contributed by atoms with Gasteiger partial charge in [-0.25, -0.2) is 9.79 Å². The Balaban J connectivity index is 1.92. The summed E-state index contributed by atoms with van der Waals surface area (Å²) in [5.74, 6) is -0.0780. The second kappa shape index (κ2) is 5.43. The van der Waals surface area contributed by atoms with E-state index in [1.165, 1.54) is 0 Å². The summed E-state index contributed by atoms with van der Waals surface area (Å²) >= 11 is 3.37. The van der Waals surface area contributed by atoms with Crippen molar-refractivity contribution in [2.75, 3.05) is 0 Å². The molecule has 0 atom stereocenters. The molecule has 2 aromatic carbocycles. The SMILES string of the molecule is O=C1OC(c2ccccc2)=NC1=Cc1ccc(Br)cc1. The number of rotatable bonds is 2. The van der Waals surface area contributed by atoms with Crippen molar-refractivity contribution < 1.29 is 9.53 Å². The standard InChI is InChI=1S/C16H10BrNO2/c17-13-8-6-11(7-9-13)10-14-16(19)20-15(18-14)12-4-2-1-3-5-12/h1-10H. The molecule has 0 amide bonds. The summed E-state index contributed by atoms with van der Waals surface area (Å²) in [5, 5.41) is 0. The third-order valence-corrected chi connectivity index (χ3v) is 3.34. The quantitative estimate of drug-likeness (QED) is 0.621. The van der Waals surface area contributed by atoms with Crippen LogP contribution in [0.3, 0.4) is 0 Å². The zero-order chi connectivity index (χ0) is 13.9. The first kappa shape index (κ1) is 12.8. The number of aliphatic imine (C=N–C) groups is 1. The molecule has 0 spiro atoms. The Bertz CT molecular complexity index is 703. The minimum atomic E-state index is -0.424. The summed E-state index contributed by atoms with van der Waals surface area (Å²) in [7, 11) is 0. The number of carbonyl (C=O) groups excluding carboxylic acids is 1. The van der Waals surface area contributed by atoms with Gasteiger partial charge in [0, 0.05) is 10.0 Å². The van der Waals surface area contributed by atoms with Crippen molar-refractivity contribution in [2.24, 2.45) is 4.99 Å². The maximum Gasteiger partial charge on any atom is 0.363 e. The summed E-state index contributed by atoms with van der Waals surface area (Å²) < 4.78 is 6.18. The first-order valence-electron chi connectivity index (χ1n) is 6.06. The van der Waals surface area contributed by atoms with Crippen LogP contribution in [-0.2, 0) is 9.53 Å². The van der Waals surface area contributed by atoms with E-state index in [1.54, 1.807) is 6.08 Å². The van der Waals surface area contributed by atoms with E-state index in [-0.39, 0.29) is 0 Å². The van der Waals surface area contributed by atoms with Gasteiger partial charge in [0.1, 0.15) is 0 Å². The van der Waals surface area contributed by atoms with Crippen LogP contribution in [0.15, 0.2) is 69.8 Å². The molecule has 98 valence electrons. The number of benzene rings is 2. The summed E-state index contributed by atoms with van der Waals surface area (Å²) in [5.41, 5.74) is 2.00. The van der Waals surface area contributed by atoms with Gasteiger partial charge < -0.3 is 4.74 Å². The molecule has 2 aromatic rings. The first-order valence-corrected chi connectivity index (χ1v) is 6.85. The summed E-state index contributed by atoms with van der Waals surface area (Å²) in [6.45, 7) is 0. The second-order valence-electron chi connectivity index (χ2n) is 4.25. The minimum absolute atomic E-state index is 0.311. The second-order valence-corrected chi connectivity index (χ2v) is 5.17. The average molecular weight is 328 g/mol. The van der Waals surface area contributed by atoms with Gasteiger partial charge in [-0.15, -0.1) is 0 Å². The van der Waals surface area contributed by atoms with Crippen molar-refractivity contribution in [1.82, 2.24) is 0 Å². The van der Waals surface area contributed by atoms with Crippen molar-refractivity contribution in [3.8, 4) is 0 Å². The monoisotopic (exact) mass is 327 g/mol. The van der Waals surface area contributed by atoms with E-state index in [4.69, 9.17) is 4.74 Å². The molecule has 0 aromatic heterocycles. The molecule has 0 fully saturated rings. The number of ether oxygens (including phenoxy) is 1. The van der Waals surface area contributed by atoms with Gasteiger partial charge in [0.2, 0.25) is 5.90 Å². The lowest BCUT2D eigenvalue weighted by Crippen LogP contribution is -2.04. The smallest absolute Gasteiger partial charge is 0.363 e. The fourth-order valence-corrected chi connectivity index (χ4v) is 2.09. The molecule has 0 saturated carbocycles. The van der Waals surface area contributed by atoms with Crippen LogP contribution in [0.5, 0.6) is 0 Å². The van der Waals surface area contributed by atoms with E-state index in [9.17, 15) is 4.79 Å². The van der Waals surface area contributed by atoms with Crippen LogP contribution in [0.1, 0.15) is 11.1 Å². The fraction of sp³-hybridized carbons (Fsp3) is 0. The van der Waals surface area contributed by atoms with E-state index in [2.05, 4.69) is 20.9 Å². The van der Waals surface area contributed by atoms with Crippen LogP contribution in [0.2, 0.25) is 0 Å². The molecule has 0 bridgehead atoms. The molecule has 0 aliphatic carbocycles. The van der Waals surface area contributed by atoms with Crippen LogP contribution in [0.4, 0.5) is 0 Å². The lowest BCUT2D eigenvalue weighted by atomic mass is 10.2. The molecule has 3 rings (SSSR count). The Hall–Kier alpha value is -2.20. The highest BCUT2D eigenvalue weighted by Gasteiger charge is 2.23. The highest BCUT2D eigenvalue weighted by Crippen LogP contribution is 2.20. The Morgan fingerprint density at radius 3 is 2.40 bits per heavy atom. The number of cyclic esters (lactones) is 1. The number of carbonyl (C=O) groups is 1. The molecular weight excluding hydrogens is 318 g/mol. The number of esters is 1. The molecule has 20 heavy (non-hydrogen) atoms. The van der Waals surface area contributed by atoms with E-state index in [0.29, 0.717) is 11.6 Å². The van der Waals surface area contributed by atoms with Gasteiger partial charge in [0.05, 0.1) is 0 Å². The van der Waals surface area contributed by atoms with Crippen molar-refractivity contribution in [3.05, 3.63) is 75.9 Å². The van der Waals surface area contributed by atoms with Gasteiger partial charge in [0.25, 0.3) is 0 Å². The van der Waals surface area contributed by atoms with Crippen LogP contribution >= 0.6 is 15.9 Å². The number of nitrogens with zero attached hydrogens (tertiary/aromatic N) is 1. The highest BCUT2D eigenvalue weighted by atomic mass is 79.9. The third kappa shape index (κ3) is 2.70. The van der Waals surface area contributed by atoms with Crippen LogP contribution in [0.25, 0.3) is 6.08 Å². The van der Waals surface area contributed by atoms with E-state index < -0.39 is 5.97 Å². The molecule has 0 N–H and O–H groups in total. The lowest BCUT2D eigenvalue weighted by Gasteiger charge is -1.97. The molecule has 1 aliphatic heterocycles. The molecule has 1 heterocycles. The first-order chi connectivity index (χ1) is 9.72. The van der Waals surface area contributed by atoms with Gasteiger partial charge in [-0.2, -0.15) is 0 Å². The van der Waals surface area contributed by atoms with Gasteiger partial charge in [-0.3, -0.25) is 0 Å². The molecular formula is C16H10BrNO2. The summed E-state index contributed by atoms with van der Waals surface area (Å²) in [6.07, 6.45) is 1.71. The molecule has 0 radical (unpaired) electrons. The Morgan fingerprint density at radius 1 is 1.00 bits per heavy atom. The van der Waals surface area contributed by atoms with Crippen LogP contribution < -0.4 is 0 Å².